The fraction of sp³-hybridized carbons (Fsp3) is 0.125. The molecule has 0 aliphatic heterocycles. The molecule has 0 aliphatic carbocycles. The van der Waals surface area contributed by atoms with Gasteiger partial charge in [0.05, 0.1) is 10.7 Å². The minimum Gasteiger partial charge on any atom is -0.449 e. The average Bonchev–Trinajstić information content (AvgIpc) is 3.02. The summed E-state index contributed by atoms with van der Waals surface area (Å²) in [6.07, 6.45) is 1.93. The van der Waals surface area contributed by atoms with Crippen LogP contribution in [0.4, 0.5) is 5.69 Å². The van der Waals surface area contributed by atoms with E-state index in [9.17, 15) is 9.59 Å². The summed E-state index contributed by atoms with van der Waals surface area (Å²) in [6.45, 7) is 1.48. The zero-order valence-electron chi connectivity index (χ0n) is 12.1. The van der Waals surface area contributed by atoms with Gasteiger partial charge in [-0.2, -0.15) is 11.3 Å². The van der Waals surface area contributed by atoms with Crippen LogP contribution in [0.15, 0.2) is 41.1 Å². The number of hydrogen-bond donors (Lipinski definition) is 1. The third kappa shape index (κ3) is 5.39. The van der Waals surface area contributed by atoms with E-state index in [1.54, 1.807) is 18.2 Å². The van der Waals surface area contributed by atoms with Gasteiger partial charge >= 0.3 is 5.97 Å². The van der Waals surface area contributed by atoms with Crippen molar-refractivity contribution in [1.82, 2.24) is 0 Å². The van der Waals surface area contributed by atoms with Gasteiger partial charge in [-0.05, 0) is 53.6 Å². The molecule has 0 spiro atoms. The Morgan fingerprint density at radius 2 is 2.09 bits per heavy atom. The molecule has 0 radical (unpaired) electrons. The lowest BCUT2D eigenvalue weighted by Gasteiger charge is -2.13. The van der Waals surface area contributed by atoms with E-state index in [4.69, 9.17) is 27.9 Å². The second kappa shape index (κ2) is 8.15. The quantitative estimate of drug-likeness (QED) is 0.616. The molecule has 4 nitrogen and oxygen atoms in total. The molecule has 1 aromatic carbocycles. The Balaban J connectivity index is 1.92. The molecule has 0 bridgehead atoms. The van der Waals surface area contributed by atoms with Gasteiger partial charge in [0, 0.05) is 11.1 Å². The molecule has 1 amide bonds. The first-order valence-electron chi connectivity index (χ1n) is 6.62. The third-order valence-corrected chi connectivity index (χ3v) is 4.07. The molecule has 2 rings (SSSR count). The third-order valence-electron chi connectivity index (χ3n) is 2.80. The van der Waals surface area contributed by atoms with Gasteiger partial charge in [-0.15, -0.1) is 0 Å². The molecule has 1 atom stereocenters. The van der Waals surface area contributed by atoms with Gasteiger partial charge in [-0.25, -0.2) is 4.79 Å². The Kier molecular flexibility index (Phi) is 6.21. The number of benzene rings is 1. The van der Waals surface area contributed by atoms with Gasteiger partial charge in [-0.1, -0.05) is 23.2 Å². The number of anilines is 1. The maximum absolute atomic E-state index is 12.0. The van der Waals surface area contributed by atoms with E-state index in [1.807, 2.05) is 16.8 Å². The summed E-state index contributed by atoms with van der Waals surface area (Å²) in [6, 6.07) is 6.57. The van der Waals surface area contributed by atoms with E-state index in [2.05, 4.69) is 5.32 Å². The van der Waals surface area contributed by atoms with Crippen LogP contribution in [0.3, 0.4) is 0 Å². The van der Waals surface area contributed by atoms with Crippen molar-refractivity contribution < 1.29 is 14.3 Å². The molecule has 23 heavy (non-hydrogen) atoms. The van der Waals surface area contributed by atoms with Crippen molar-refractivity contribution >= 4 is 58.2 Å². The van der Waals surface area contributed by atoms with Crippen molar-refractivity contribution in [2.24, 2.45) is 0 Å². The summed E-state index contributed by atoms with van der Waals surface area (Å²) in [5.41, 5.74) is 1.26. The van der Waals surface area contributed by atoms with Crippen molar-refractivity contribution in [2.75, 3.05) is 5.32 Å². The fourth-order valence-corrected chi connectivity index (χ4v) is 2.59. The molecule has 1 aromatic heterocycles. The number of esters is 1. The number of ether oxygens (including phenoxy) is 1. The number of amides is 1. The zero-order chi connectivity index (χ0) is 16.8. The SMILES string of the molecule is CC(OC(=O)/C=C/c1ccsc1)C(=O)Nc1cc(Cl)ccc1Cl. The van der Waals surface area contributed by atoms with E-state index in [-0.39, 0.29) is 0 Å². The number of carbonyl (C=O) groups is 2. The number of thiophene rings is 1. The number of hydrogen-bond acceptors (Lipinski definition) is 4. The van der Waals surface area contributed by atoms with Crippen LogP contribution in [0.5, 0.6) is 0 Å². The van der Waals surface area contributed by atoms with E-state index >= 15 is 0 Å². The van der Waals surface area contributed by atoms with Crippen molar-refractivity contribution in [1.29, 1.82) is 0 Å². The Hall–Kier alpha value is -1.82. The minimum atomic E-state index is -0.968. The maximum Gasteiger partial charge on any atom is 0.331 e. The second-order valence-electron chi connectivity index (χ2n) is 4.58. The number of rotatable bonds is 5. The van der Waals surface area contributed by atoms with Crippen LogP contribution in [0.2, 0.25) is 10.0 Å². The first kappa shape index (κ1) is 17.5. The lowest BCUT2D eigenvalue weighted by Crippen LogP contribution is -2.29. The van der Waals surface area contributed by atoms with Crippen LogP contribution in [-0.4, -0.2) is 18.0 Å². The van der Waals surface area contributed by atoms with E-state index in [0.717, 1.165) is 5.56 Å². The molecule has 1 unspecified atom stereocenters. The van der Waals surface area contributed by atoms with Crippen LogP contribution >= 0.6 is 34.5 Å². The summed E-state index contributed by atoms with van der Waals surface area (Å²) in [7, 11) is 0. The predicted molar refractivity (Wildman–Crippen MR) is 94.0 cm³/mol. The molecule has 0 aliphatic rings. The van der Waals surface area contributed by atoms with Crippen LogP contribution < -0.4 is 5.32 Å². The highest BCUT2D eigenvalue weighted by atomic mass is 35.5. The van der Waals surface area contributed by atoms with Crippen molar-refractivity contribution in [2.45, 2.75) is 13.0 Å². The molecule has 120 valence electrons. The normalized spacial score (nSPS) is 12.1. The Morgan fingerprint density at radius 1 is 1.30 bits per heavy atom. The largest absolute Gasteiger partial charge is 0.449 e. The topological polar surface area (TPSA) is 55.4 Å². The minimum absolute atomic E-state index is 0.346. The standard InChI is InChI=1S/C16H13Cl2NO3S/c1-10(22-15(20)5-2-11-6-7-23-9-11)16(21)19-14-8-12(17)3-4-13(14)18/h2-10H,1H3,(H,19,21)/b5-2+. The molecule has 7 heteroatoms. The molecule has 0 saturated carbocycles. The van der Waals surface area contributed by atoms with Crippen molar-refractivity contribution in [3.8, 4) is 0 Å². The highest BCUT2D eigenvalue weighted by Crippen LogP contribution is 2.25. The Bertz CT molecular complexity index is 729. The average molecular weight is 370 g/mol. The van der Waals surface area contributed by atoms with Crippen LogP contribution in [-0.2, 0) is 14.3 Å². The number of nitrogens with one attached hydrogen (secondary N) is 1. The monoisotopic (exact) mass is 369 g/mol. The smallest absolute Gasteiger partial charge is 0.331 e. The maximum atomic E-state index is 12.0. The van der Waals surface area contributed by atoms with E-state index in [0.29, 0.717) is 15.7 Å². The van der Waals surface area contributed by atoms with Crippen LogP contribution in [0.1, 0.15) is 12.5 Å². The number of carbonyl (C=O) groups excluding carboxylic acids is 2. The molecular formula is C16H13Cl2NO3S. The highest BCUT2D eigenvalue weighted by molar-refractivity contribution is 7.08. The van der Waals surface area contributed by atoms with Gasteiger partial charge in [-0.3, -0.25) is 4.79 Å². The molecule has 2 aromatic rings. The van der Waals surface area contributed by atoms with Gasteiger partial charge in [0.2, 0.25) is 0 Å². The lowest BCUT2D eigenvalue weighted by molar-refractivity contribution is -0.148. The summed E-state index contributed by atoms with van der Waals surface area (Å²) in [5.74, 6) is -1.09. The van der Waals surface area contributed by atoms with Crippen molar-refractivity contribution in [3.63, 3.8) is 0 Å². The van der Waals surface area contributed by atoms with Gasteiger partial charge < -0.3 is 10.1 Å². The molecule has 1 N–H and O–H groups in total. The molecule has 0 saturated heterocycles. The first-order chi connectivity index (χ1) is 11.0. The number of halogens is 2. The molecule has 1 heterocycles. The molecule has 0 fully saturated rings. The van der Waals surface area contributed by atoms with Crippen LogP contribution in [0, 0.1) is 0 Å². The zero-order valence-corrected chi connectivity index (χ0v) is 14.4. The summed E-state index contributed by atoms with van der Waals surface area (Å²) >= 11 is 13.3. The van der Waals surface area contributed by atoms with E-state index in [1.165, 1.54) is 30.4 Å². The first-order valence-corrected chi connectivity index (χ1v) is 8.32. The highest BCUT2D eigenvalue weighted by Gasteiger charge is 2.17. The van der Waals surface area contributed by atoms with Gasteiger partial charge in [0.15, 0.2) is 6.10 Å². The summed E-state index contributed by atoms with van der Waals surface area (Å²) in [5, 5.41) is 7.14. The van der Waals surface area contributed by atoms with Gasteiger partial charge in [0.1, 0.15) is 0 Å². The Morgan fingerprint density at radius 3 is 2.78 bits per heavy atom. The molecular weight excluding hydrogens is 357 g/mol. The second-order valence-corrected chi connectivity index (χ2v) is 6.21. The van der Waals surface area contributed by atoms with Crippen LogP contribution in [0.25, 0.3) is 6.08 Å². The van der Waals surface area contributed by atoms with Gasteiger partial charge in [0.25, 0.3) is 5.91 Å². The predicted octanol–water partition coefficient (Wildman–Crippen LogP) is 4.64. The summed E-state index contributed by atoms with van der Waals surface area (Å²) < 4.78 is 5.04. The van der Waals surface area contributed by atoms with E-state index < -0.39 is 18.0 Å². The van der Waals surface area contributed by atoms with Crippen molar-refractivity contribution in [3.05, 3.63) is 56.7 Å². The summed E-state index contributed by atoms with van der Waals surface area (Å²) in [4.78, 5) is 23.7. The Labute approximate surface area is 147 Å². The fourth-order valence-electron chi connectivity index (χ4n) is 1.63. The lowest BCUT2D eigenvalue weighted by atomic mass is 10.3.